The van der Waals surface area contributed by atoms with Gasteiger partial charge in [-0.1, -0.05) is 13.0 Å². The van der Waals surface area contributed by atoms with Crippen LogP contribution in [-0.4, -0.2) is 94.0 Å². The Balaban J connectivity index is 1.95. The van der Waals surface area contributed by atoms with Gasteiger partial charge in [0, 0.05) is 47.8 Å². The third-order valence-corrected chi connectivity index (χ3v) is 6.79. The van der Waals surface area contributed by atoms with Crippen LogP contribution >= 0.6 is 0 Å². The summed E-state index contributed by atoms with van der Waals surface area (Å²) in [4.78, 5) is 29.7. The first-order valence-electron chi connectivity index (χ1n) is 11.7. The first-order valence-corrected chi connectivity index (χ1v) is 11.7. The molecule has 0 aliphatic carbocycles. The van der Waals surface area contributed by atoms with Gasteiger partial charge in [-0.15, -0.1) is 0 Å². The topological polar surface area (TPSA) is 101 Å². The lowest BCUT2D eigenvalue weighted by Crippen LogP contribution is -2.50. The summed E-state index contributed by atoms with van der Waals surface area (Å²) < 4.78 is 23.6. The van der Waals surface area contributed by atoms with Gasteiger partial charge in [-0.05, 0) is 25.0 Å². The molecule has 5 atom stereocenters. The van der Waals surface area contributed by atoms with Crippen molar-refractivity contribution in [2.45, 2.75) is 50.6 Å². The van der Waals surface area contributed by atoms with E-state index in [9.17, 15) is 14.9 Å². The predicted octanol–water partition coefficient (Wildman–Crippen LogP) is 2.08. The van der Waals surface area contributed by atoms with Gasteiger partial charge >= 0.3 is 0 Å². The van der Waals surface area contributed by atoms with Crippen molar-refractivity contribution in [2.24, 2.45) is 5.92 Å². The van der Waals surface area contributed by atoms with Crippen molar-refractivity contribution in [3.63, 3.8) is 0 Å². The average molecular weight is 474 g/mol. The fraction of sp³-hybridized carbons (Fsp3) is 0.640. The number of hydrogen-bond acceptors (Lipinski definition) is 7. The van der Waals surface area contributed by atoms with Gasteiger partial charge in [0.2, 0.25) is 5.91 Å². The summed E-state index contributed by atoms with van der Waals surface area (Å²) in [7, 11) is 6.61. The van der Waals surface area contributed by atoms with Crippen LogP contribution in [0.15, 0.2) is 18.2 Å². The molecule has 2 aliphatic rings. The molecule has 0 N–H and O–H groups in total. The molecule has 9 nitrogen and oxygen atoms in total. The molecular weight excluding hydrogens is 438 g/mol. The predicted molar refractivity (Wildman–Crippen MR) is 125 cm³/mol. The second-order valence-corrected chi connectivity index (χ2v) is 9.05. The highest BCUT2D eigenvalue weighted by molar-refractivity contribution is 5.97. The Morgan fingerprint density at radius 2 is 1.76 bits per heavy atom. The molecular formula is C25H35N3O6. The van der Waals surface area contributed by atoms with Gasteiger partial charge < -0.3 is 28.7 Å². The first-order chi connectivity index (χ1) is 16.3. The van der Waals surface area contributed by atoms with Gasteiger partial charge in [-0.3, -0.25) is 9.59 Å². The lowest BCUT2D eigenvalue weighted by atomic mass is 9.97. The lowest BCUT2D eigenvalue weighted by molar-refractivity contribution is -0.154. The van der Waals surface area contributed by atoms with E-state index in [0.29, 0.717) is 30.7 Å². The quantitative estimate of drug-likeness (QED) is 0.648. The number of nitriles is 1. The van der Waals surface area contributed by atoms with Gasteiger partial charge in [0.1, 0.15) is 17.9 Å². The van der Waals surface area contributed by atoms with E-state index in [1.165, 1.54) is 12.0 Å². The fourth-order valence-electron chi connectivity index (χ4n) is 4.68. The standard InChI is InChI=1S/C25H35N3O6/c1-16-21(32-5)14-28(3)25(30)19-8-6-7-17(13-26)23(19)33-12-11-18-9-10-20(31-4)22(34-18)15-27(2)24(16)29/h6-8,16,18,20-22H,9-12,14-15H2,1-5H3/t16-,18-,20+,21-,22+/m1/s1. The molecule has 0 unspecified atom stereocenters. The zero-order valence-electron chi connectivity index (χ0n) is 20.7. The lowest BCUT2D eigenvalue weighted by Gasteiger charge is -2.38. The molecule has 0 spiro atoms. The number of methoxy groups -OCH3 is 2. The molecule has 34 heavy (non-hydrogen) atoms. The molecule has 186 valence electrons. The van der Waals surface area contributed by atoms with E-state index in [1.807, 2.05) is 0 Å². The summed E-state index contributed by atoms with van der Waals surface area (Å²) >= 11 is 0. The van der Waals surface area contributed by atoms with Crippen LogP contribution in [0.3, 0.4) is 0 Å². The van der Waals surface area contributed by atoms with Crippen molar-refractivity contribution >= 4 is 11.8 Å². The number of nitrogens with zero attached hydrogens (tertiary/aromatic N) is 3. The molecule has 1 saturated heterocycles. The van der Waals surface area contributed by atoms with E-state index in [0.717, 1.165) is 12.8 Å². The summed E-state index contributed by atoms with van der Waals surface area (Å²) in [5, 5.41) is 9.60. The van der Waals surface area contributed by atoms with Gasteiger partial charge in [0.15, 0.2) is 0 Å². The normalized spacial score (nSPS) is 29.2. The molecule has 0 saturated carbocycles. The van der Waals surface area contributed by atoms with Crippen LogP contribution in [0.2, 0.25) is 0 Å². The third kappa shape index (κ3) is 5.69. The van der Waals surface area contributed by atoms with Gasteiger partial charge in [-0.25, -0.2) is 0 Å². The number of ether oxygens (including phenoxy) is 4. The van der Waals surface area contributed by atoms with Gasteiger partial charge in [0.05, 0.1) is 42.0 Å². The number of benzene rings is 1. The maximum Gasteiger partial charge on any atom is 0.257 e. The summed E-state index contributed by atoms with van der Waals surface area (Å²) in [6.07, 6.45) is 1.25. The second kappa shape index (κ2) is 11.6. The zero-order chi connectivity index (χ0) is 24.8. The van der Waals surface area contributed by atoms with E-state index >= 15 is 0 Å². The maximum atomic E-state index is 13.3. The number of fused-ring (bicyclic) bond motifs is 3. The molecule has 3 rings (SSSR count). The number of para-hydroxylation sites is 1. The van der Waals surface area contributed by atoms with Crippen LogP contribution in [0.4, 0.5) is 0 Å². The Kier molecular flexibility index (Phi) is 8.89. The fourth-order valence-corrected chi connectivity index (χ4v) is 4.68. The minimum absolute atomic E-state index is 0.0759. The van der Waals surface area contributed by atoms with Crippen molar-refractivity contribution < 1.29 is 28.5 Å². The van der Waals surface area contributed by atoms with Gasteiger partial charge in [0.25, 0.3) is 5.91 Å². The van der Waals surface area contributed by atoms with Crippen LogP contribution in [-0.2, 0) is 19.0 Å². The number of carbonyl (C=O) groups excluding carboxylic acids is 2. The first kappa shape index (κ1) is 25.9. The summed E-state index contributed by atoms with van der Waals surface area (Å²) in [6, 6.07) is 7.07. The van der Waals surface area contributed by atoms with Crippen LogP contribution in [0.5, 0.6) is 5.75 Å². The minimum atomic E-state index is -0.515. The van der Waals surface area contributed by atoms with E-state index < -0.39 is 12.0 Å². The second-order valence-electron chi connectivity index (χ2n) is 9.05. The number of rotatable bonds is 2. The van der Waals surface area contributed by atoms with Crippen molar-refractivity contribution in [1.82, 2.24) is 9.80 Å². The smallest absolute Gasteiger partial charge is 0.257 e. The van der Waals surface area contributed by atoms with Crippen molar-refractivity contribution in [3.8, 4) is 11.8 Å². The maximum absolute atomic E-state index is 13.3. The van der Waals surface area contributed by atoms with E-state index in [2.05, 4.69) is 6.07 Å². The molecule has 1 fully saturated rings. The van der Waals surface area contributed by atoms with Crippen molar-refractivity contribution in [2.75, 3.05) is 48.0 Å². The Bertz CT molecular complexity index is 916. The molecule has 9 heteroatoms. The van der Waals surface area contributed by atoms with Crippen LogP contribution < -0.4 is 4.74 Å². The largest absolute Gasteiger partial charge is 0.491 e. The number of carbonyl (C=O) groups is 2. The highest BCUT2D eigenvalue weighted by Crippen LogP contribution is 2.28. The van der Waals surface area contributed by atoms with E-state index in [-0.39, 0.29) is 42.4 Å². The zero-order valence-corrected chi connectivity index (χ0v) is 20.7. The molecule has 1 aromatic rings. The third-order valence-electron chi connectivity index (χ3n) is 6.79. The summed E-state index contributed by atoms with van der Waals surface area (Å²) in [5.41, 5.74) is 0.609. The molecule has 0 radical (unpaired) electrons. The SMILES string of the molecule is CO[C@H]1CC[C@@H]2CCOc3c(C#N)cccc3C(=O)N(C)C[C@@H](OC)[C@@H](C)C(=O)N(C)C[C@@H]1O2. The monoisotopic (exact) mass is 473 g/mol. The van der Waals surface area contributed by atoms with Crippen molar-refractivity contribution in [1.29, 1.82) is 5.26 Å². The Labute approximate surface area is 201 Å². The highest BCUT2D eigenvalue weighted by Gasteiger charge is 2.36. The Morgan fingerprint density at radius 1 is 1.03 bits per heavy atom. The molecule has 2 amide bonds. The van der Waals surface area contributed by atoms with Crippen LogP contribution in [0, 0.1) is 17.2 Å². The highest BCUT2D eigenvalue weighted by atomic mass is 16.5. The van der Waals surface area contributed by atoms with Crippen LogP contribution in [0.25, 0.3) is 0 Å². The summed E-state index contributed by atoms with van der Waals surface area (Å²) in [5.74, 6) is -0.601. The molecule has 2 heterocycles. The summed E-state index contributed by atoms with van der Waals surface area (Å²) in [6.45, 7) is 2.70. The van der Waals surface area contributed by atoms with E-state index in [4.69, 9.17) is 18.9 Å². The average Bonchev–Trinajstić information content (AvgIpc) is 2.85. The number of likely N-dealkylation sites (N-methyl/N-ethyl adjacent to an activating group) is 2. The molecule has 2 bridgehead atoms. The number of amides is 2. The van der Waals surface area contributed by atoms with Crippen LogP contribution in [0.1, 0.15) is 42.1 Å². The Morgan fingerprint density at radius 3 is 2.44 bits per heavy atom. The Hall–Kier alpha value is -2.67. The van der Waals surface area contributed by atoms with Crippen molar-refractivity contribution in [3.05, 3.63) is 29.3 Å². The number of hydrogen-bond donors (Lipinski definition) is 0. The van der Waals surface area contributed by atoms with Gasteiger partial charge in [-0.2, -0.15) is 5.26 Å². The van der Waals surface area contributed by atoms with E-state index in [1.54, 1.807) is 51.2 Å². The molecule has 2 aliphatic heterocycles. The molecule has 0 aromatic heterocycles. The minimum Gasteiger partial charge on any atom is -0.491 e. The molecule has 1 aromatic carbocycles.